The number of hydrogen-bond acceptors (Lipinski definition) is 4. The van der Waals surface area contributed by atoms with Gasteiger partial charge in [-0.25, -0.2) is 0 Å². The van der Waals surface area contributed by atoms with Gasteiger partial charge in [0.1, 0.15) is 5.75 Å². The van der Waals surface area contributed by atoms with Crippen molar-refractivity contribution >= 4 is 11.8 Å². The number of rotatable bonds is 4. The van der Waals surface area contributed by atoms with Crippen molar-refractivity contribution in [3.05, 3.63) is 29.8 Å². The zero-order valence-corrected chi connectivity index (χ0v) is 15.5. The summed E-state index contributed by atoms with van der Waals surface area (Å²) in [4.78, 5) is 27.3. The molecule has 4 aliphatic rings. The van der Waals surface area contributed by atoms with Crippen LogP contribution in [0.1, 0.15) is 36.0 Å². The van der Waals surface area contributed by atoms with Crippen LogP contribution in [-0.2, 0) is 4.79 Å². The number of amides is 2. The average molecular weight is 357 g/mol. The molecule has 26 heavy (non-hydrogen) atoms. The van der Waals surface area contributed by atoms with Crippen molar-refractivity contribution < 1.29 is 14.3 Å². The Labute approximate surface area is 154 Å². The summed E-state index contributed by atoms with van der Waals surface area (Å²) in [6, 6.07) is 7.40. The fourth-order valence-electron chi connectivity index (χ4n) is 4.81. The highest BCUT2D eigenvalue weighted by Gasteiger charge is 2.57. The quantitative estimate of drug-likeness (QED) is 0.859. The van der Waals surface area contributed by atoms with Gasteiger partial charge in [-0.15, -0.1) is 0 Å². The summed E-state index contributed by atoms with van der Waals surface area (Å²) in [6.45, 7) is 1.51. The van der Waals surface area contributed by atoms with Crippen LogP contribution in [0, 0.1) is 17.8 Å². The number of hydrogen-bond donors (Lipinski definition) is 2. The molecule has 3 saturated carbocycles. The molecule has 0 saturated heterocycles. The highest BCUT2D eigenvalue weighted by molar-refractivity contribution is 5.98. The second-order valence-corrected chi connectivity index (χ2v) is 8.12. The Bertz CT molecular complexity index is 720. The van der Waals surface area contributed by atoms with Gasteiger partial charge < -0.3 is 20.3 Å². The van der Waals surface area contributed by atoms with Crippen LogP contribution in [0.5, 0.6) is 5.75 Å². The van der Waals surface area contributed by atoms with Crippen molar-refractivity contribution in [2.45, 2.75) is 31.4 Å². The summed E-state index contributed by atoms with van der Waals surface area (Å²) in [5.74, 6) is 1.21. The van der Waals surface area contributed by atoms with Gasteiger partial charge >= 0.3 is 0 Å². The third kappa shape index (κ3) is 2.96. The first-order valence-corrected chi connectivity index (χ1v) is 9.51. The van der Waals surface area contributed by atoms with Crippen LogP contribution >= 0.6 is 0 Å². The Morgan fingerprint density at radius 1 is 1.35 bits per heavy atom. The van der Waals surface area contributed by atoms with Gasteiger partial charge in [-0.2, -0.15) is 0 Å². The number of para-hydroxylation sites is 1. The first-order chi connectivity index (χ1) is 12.5. The monoisotopic (exact) mass is 357 g/mol. The Balaban J connectivity index is 1.47. The number of carbonyl (C=O) groups excluding carboxylic acids is 2. The fraction of sp³-hybridized carbons (Fsp3) is 0.600. The highest BCUT2D eigenvalue weighted by atomic mass is 16.5. The van der Waals surface area contributed by atoms with Crippen molar-refractivity contribution in [3.63, 3.8) is 0 Å². The lowest BCUT2D eigenvalue weighted by Gasteiger charge is -2.55. The lowest BCUT2D eigenvalue weighted by Crippen LogP contribution is -2.67. The van der Waals surface area contributed by atoms with E-state index in [2.05, 4.69) is 15.5 Å². The van der Waals surface area contributed by atoms with Crippen LogP contribution in [0.3, 0.4) is 0 Å². The van der Waals surface area contributed by atoms with E-state index in [-0.39, 0.29) is 29.6 Å². The molecule has 1 heterocycles. The van der Waals surface area contributed by atoms with Gasteiger partial charge in [0.2, 0.25) is 5.91 Å². The minimum absolute atomic E-state index is 0.0270. The number of benzene rings is 1. The van der Waals surface area contributed by atoms with Gasteiger partial charge in [-0.1, -0.05) is 12.1 Å². The molecule has 6 nitrogen and oxygen atoms in total. The number of nitrogens with zero attached hydrogens (tertiary/aromatic N) is 1. The van der Waals surface area contributed by atoms with E-state index >= 15 is 0 Å². The second kappa shape index (κ2) is 6.58. The molecule has 0 aromatic heterocycles. The predicted octanol–water partition coefficient (Wildman–Crippen LogP) is 1.62. The zero-order valence-electron chi connectivity index (χ0n) is 15.5. The lowest BCUT2D eigenvalue weighted by atomic mass is 9.60. The molecule has 1 aromatic carbocycles. The van der Waals surface area contributed by atoms with Gasteiger partial charge in [-0.3, -0.25) is 9.59 Å². The van der Waals surface area contributed by atoms with Gasteiger partial charge in [0.05, 0.1) is 5.56 Å². The summed E-state index contributed by atoms with van der Waals surface area (Å²) in [5, 5.41) is 6.21. The van der Waals surface area contributed by atoms with Crippen LogP contribution < -0.4 is 15.4 Å². The van der Waals surface area contributed by atoms with Crippen LogP contribution in [0.15, 0.2) is 24.3 Å². The molecule has 2 amide bonds. The van der Waals surface area contributed by atoms with E-state index in [4.69, 9.17) is 4.74 Å². The molecule has 2 N–H and O–H groups in total. The van der Waals surface area contributed by atoms with Crippen LogP contribution in [0.25, 0.3) is 0 Å². The first-order valence-electron chi connectivity index (χ1n) is 9.51. The first kappa shape index (κ1) is 17.3. The van der Waals surface area contributed by atoms with Crippen molar-refractivity contribution in [1.82, 2.24) is 15.5 Å². The molecule has 0 unspecified atom stereocenters. The SMILES string of the molecule is CN(C)CCNC(=O)[C@H]1C[C@H]2CC[C@H]1C[C@]21NC(=O)c2ccccc2O1. The molecule has 4 atom stereocenters. The second-order valence-electron chi connectivity index (χ2n) is 8.12. The van der Waals surface area contributed by atoms with Crippen molar-refractivity contribution in [2.24, 2.45) is 17.8 Å². The number of carbonyl (C=O) groups is 2. The lowest BCUT2D eigenvalue weighted by molar-refractivity contribution is -0.146. The number of likely N-dealkylation sites (N-methyl/N-ethyl adjacent to an activating group) is 1. The van der Waals surface area contributed by atoms with E-state index in [0.29, 0.717) is 24.3 Å². The average Bonchev–Trinajstić information content (AvgIpc) is 2.61. The van der Waals surface area contributed by atoms with Gasteiger partial charge in [-0.05, 0) is 51.4 Å². The topological polar surface area (TPSA) is 70.7 Å². The largest absolute Gasteiger partial charge is 0.467 e. The summed E-state index contributed by atoms with van der Waals surface area (Å²) < 4.78 is 6.34. The Kier molecular flexibility index (Phi) is 4.39. The van der Waals surface area contributed by atoms with E-state index in [1.165, 1.54) is 0 Å². The minimum Gasteiger partial charge on any atom is -0.467 e. The molecule has 6 heteroatoms. The molecule has 1 aromatic rings. The Morgan fingerprint density at radius 3 is 2.88 bits per heavy atom. The Morgan fingerprint density at radius 2 is 2.15 bits per heavy atom. The van der Waals surface area contributed by atoms with E-state index in [9.17, 15) is 9.59 Å². The molecule has 2 bridgehead atoms. The van der Waals surface area contributed by atoms with Crippen molar-refractivity contribution in [1.29, 1.82) is 0 Å². The number of ether oxygens (including phenoxy) is 1. The zero-order chi connectivity index (χ0) is 18.3. The fourth-order valence-corrected chi connectivity index (χ4v) is 4.81. The maximum Gasteiger partial charge on any atom is 0.258 e. The molecule has 1 spiro atoms. The third-order valence-electron chi connectivity index (χ3n) is 6.16. The Hall–Kier alpha value is -2.08. The standard InChI is InChI=1S/C20H27N3O3/c1-23(2)10-9-21-18(24)16-11-14-8-7-13(16)12-20(14)22-19(25)15-5-3-4-6-17(15)26-20/h3-6,13-14,16H,7-12H2,1-2H3,(H,21,24)(H,22,25)/t13-,14+,16-,20+/m0/s1. The molecule has 3 aliphatic carbocycles. The maximum absolute atomic E-state index is 12.6. The van der Waals surface area contributed by atoms with Gasteiger partial charge in [0.15, 0.2) is 5.72 Å². The summed E-state index contributed by atoms with van der Waals surface area (Å²) in [6.07, 6.45) is 3.51. The van der Waals surface area contributed by atoms with Crippen molar-refractivity contribution in [2.75, 3.05) is 27.2 Å². The number of fused-ring (bicyclic) bond motifs is 3. The smallest absolute Gasteiger partial charge is 0.258 e. The predicted molar refractivity (Wildman–Crippen MR) is 97.8 cm³/mol. The van der Waals surface area contributed by atoms with Gasteiger partial charge in [0, 0.05) is 31.3 Å². The molecular weight excluding hydrogens is 330 g/mol. The third-order valence-corrected chi connectivity index (χ3v) is 6.16. The minimum atomic E-state index is -0.644. The van der Waals surface area contributed by atoms with Crippen LogP contribution in [0.2, 0.25) is 0 Å². The van der Waals surface area contributed by atoms with Crippen LogP contribution in [-0.4, -0.2) is 49.6 Å². The van der Waals surface area contributed by atoms with E-state index in [1.54, 1.807) is 6.07 Å². The number of nitrogens with one attached hydrogen (secondary N) is 2. The van der Waals surface area contributed by atoms with E-state index in [0.717, 1.165) is 25.8 Å². The van der Waals surface area contributed by atoms with Crippen molar-refractivity contribution in [3.8, 4) is 5.75 Å². The van der Waals surface area contributed by atoms with E-state index < -0.39 is 5.72 Å². The maximum atomic E-state index is 12.6. The summed E-state index contributed by atoms with van der Waals surface area (Å²) in [5.41, 5.74) is -0.0491. The van der Waals surface area contributed by atoms with Gasteiger partial charge in [0.25, 0.3) is 5.91 Å². The molecule has 140 valence electrons. The molecule has 3 fully saturated rings. The molecule has 1 aliphatic heterocycles. The molecule has 5 rings (SSSR count). The van der Waals surface area contributed by atoms with E-state index in [1.807, 2.05) is 32.3 Å². The normalized spacial score (nSPS) is 32.1. The molecule has 0 radical (unpaired) electrons. The van der Waals surface area contributed by atoms with Crippen LogP contribution in [0.4, 0.5) is 0 Å². The molecular formula is C20H27N3O3. The highest BCUT2D eigenvalue weighted by Crippen LogP contribution is 2.52. The summed E-state index contributed by atoms with van der Waals surface area (Å²) in [7, 11) is 4.00. The summed E-state index contributed by atoms with van der Waals surface area (Å²) >= 11 is 0.